The molecule has 0 amide bonds. The molecule has 2 aliphatic carbocycles. The second-order valence-electron chi connectivity index (χ2n) is 5.87. The number of nitrogens with two attached hydrogens (primary N) is 1. The summed E-state index contributed by atoms with van der Waals surface area (Å²) in [7, 11) is 0. The predicted molar refractivity (Wildman–Crippen MR) is 70.7 cm³/mol. The molecule has 0 saturated heterocycles. The molecule has 17 heavy (non-hydrogen) atoms. The van der Waals surface area contributed by atoms with Crippen LogP contribution < -0.4 is 5.73 Å². The minimum absolute atomic E-state index is 0.873. The molecule has 92 valence electrons. The van der Waals surface area contributed by atoms with E-state index in [1.54, 1.807) is 0 Å². The fourth-order valence-electron chi connectivity index (χ4n) is 2.90. The van der Waals surface area contributed by atoms with Crippen LogP contribution in [0.2, 0.25) is 0 Å². The number of anilines is 1. The predicted octanol–water partition coefficient (Wildman–Crippen LogP) is 3.35. The van der Waals surface area contributed by atoms with Gasteiger partial charge in [0.25, 0.3) is 0 Å². The lowest BCUT2D eigenvalue weighted by atomic mass is 9.79. The first-order valence-electron chi connectivity index (χ1n) is 7.04. The molecule has 2 fully saturated rings. The fourth-order valence-corrected chi connectivity index (χ4v) is 2.90. The maximum absolute atomic E-state index is 6.30. The van der Waals surface area contributed by atoms with Crippen LogP contribution in [0.5, 0.6) is 0 Å². The van der Waals surface area contributed by atoms with E-state index >= 15 is 0 Å². The van der Waals surface area contributed by atoms with Crippen molar-refractivity contribution in [3.63, 3.8) is 0 Å². The number of hydrogen-bond donors (Lipinski definition) is 1. The van der Waals surface area contributed by atoms with Gasteiger partial charge in [0.1, 0.15) is 0 Å². The van der Waals surface area contributed by atoms with Gasteiger partial charge in [-0.2, -0.15) is 0 Å². The van der Waals surface area contributed by atoms with Crippen molar-refractivity contribution in [1.82, 2.24) is 4.98 Å². The number of rotatable bonds is 4. The smallest absolute Gasteiger partial charge is 0.0410 e. The van der Waals surface area contributed by atoms with Gasteiger partial charge in [-0.25, -0.2) is 0 Å². The molecule has 0 radical (unpaired) electrons. The van der Waals surface area contributed by atoms with Crippen LogP contribution in [0.3, 0.4) is 0 Å². The van der Waals surface area contributed by atoms with Crippen molar-refractivity contribution in [2.45, 2.75) is 51.4 Å². The molecular weight excluding hydrogens is 208 g/mol. The van der Waals surface area contributed by atoms with Crippen LogP contribution in [0, 0.1) is 11.8 Å². The third kappa shape index (κ3) is 2.31. The molecule has 0 aromatic carbocycles. The van der Waals surface area contributed by atoms with Crippen LogP contribution in [-0.2, 0) is 12.8 Å². The van der Waals surface area contributed by atoms with Crippen molar-refractivity contribution in [3.8, 4) is 0 Å². The van der Waals surface area contributed by atoms with Crippen LogP contribution >= 0.6 is 0 Å². The van der Waals surface area contributed by atoms with Gasteiger partial charge in [-0.3, -0.25) is 4.98 Å². The molecule has 0 spiro atoms. The maximum Gasteiger partial charge on any atom is 0.0410 e. The Hall–Kier alpha value is -1.05. The SMILES string of the molecule is Nc1c(CC2CCC2)cncc1CC1CCC1. The second-order valence-corrected chi connectivity index (χ2v) is 5.87. The van der Waals surface area contributed by atoms with Crippen molar-refractivity contribution in [1.29, 1.82) is 0 Å². The molecule has 2 heteroatoms. The summed E-state index contributed by atoms with van der Waals surface area (Å²) in [5.74, 6) is 1.75. The lowest BCUT2D eigenvalue weighted by molar-refractivity contribution is 0.311. The number of nitrogen functional groups attached to an aromatic ring is 1. The Labute approximate surface area is 104 Å². The van der Waals surface area contributed by atoms with E-state index < -0.39 is 0 Å². The zero-order valence-corrected chi connectivity index (χ0v) is 10.5. The third-order valence-electron chi connectivity index (χ3n) is 4.62. The van der Waals surface area contributed by atoms with E-state index in [0.717, 1.165) is 30.4 Å². The van der Waals surface area contributed by atoms with Crippen LogP contribution in [0.4, 0.5) is 5.69 Å². The quantitative estimate of drug-likeness (QED) is 0.861. The summed E-state index contributed by atoms with van der Waals surface area (Å²) in [4.78, 5) is 4.39. The third-order valence-corrected chi connectivity index (χ3v) is 4.62. The van der Waals surface area contributed by atoms with Crippen LogP contribution in [0.25, 0.3) is 0 Å². The highest BCUT2D eigenvalue weighted by atomic mass is 14.7. The Morgan fingerprint density at radius 3 is 1.76 bits per heavy atom. The molecule has 2 aliphatic rings. The summed E-state index contributed by atoms with van der Waals surface area (Å²) in [6.45, 7) is 0. The van der Waals surface area contributed by atoms with Gasteiger partial charge in [0.05, 0.1) is 0 Å². The Morgan fingerprint density at radius 1 is 0.941 bits per heavy atom. The highest BCUT2D eigenvalue weighted by Gasteiger charge is 2.22. The molecule has 1 aromatic heterocycles. The van der Waals surface area contributed by atoms with Gasteiger partial charge in [-0.05, 0) is 35.8 Å². The lowest BCUT2D eigenvalue weighted by Crippen LogP contribution is -2.17. The molecule has 1 aromatic rings. The van der Waals surface area contributed by atoms with Gasteiger partial charge < -0.3 is 5.73 Å². The van der Waals surface area contributed by atoms with E-state index in [2.05, 4.69) is 4.98 Å². The highest BCUT2D eigenvalue weighted by Crippen LogP contribution is 2.34. The van der Waals surface area contributed by atoms with E-state index in [0.29, 0.717) is 0 Å². The van der Waals surface area contributed by atoms with E-state index in [1.807, 2.05) is 12.4 Å². The Balaban J connectivity index is 1.71. The zero-order valence-electron chi connectivity index (χ0n) is 10.5. The van der Waals surface area contributed by atoms with Crippen molar-refractivity contribution in [3.05, 3.63) is 23.5 Å². The van der Waals surface area contributed by atoms with Gasteiger partial charge in [-0.1, -0.05) is 38.5 Å². The summed E-state index contributed by atoms with van der Waals surface area (Å²) >= 11 is 0. The van der Waals surface area contributed by atoms with Crippen molar-refractivity contribution in [2.75, 3.05) is 5.73 Å². The number of hydrogen-bond acceptors (Lipinski definition) is 2. The highest BCUT2D eigenvalue weighted by molar-refractivity contribution is 5.52. The summed E-state index contributed by atoms with van der Waals surface area (Å²) in [5.41, 5.74) is 9.93. The fraction of sp³-hybridized carbons (Fsp3) is 0.667. The minimum Gasteiger partial charge on any atom is -0.398 e. The number of aromatic nitrogens is 1. The molecule has 1 heterocycles. The molecule has 2 nitrogen and oxygen atoms in total. The Bertz CT molecular complexity index is 358. The van der Waals surface area contributed by atoms with Gasteiger partial charge in [0, 0.05) is 18.1 Å². The largest absolute Gasteiger partial charge is 0.398 e. The number of nitrogens with zero attached hydrogens (tertiary/aromatic N) is 1. The molecule has 2 N–H and O–H groups in total. The van der Waals surface area contributed by atoms with Crippen LogP contribution in [0.1, 0.15) is 49.7 Å². The van der Waals surface area contributed by atoms with Crippen molar-refractivity contribution in [2.24, 2.45) is 11.8 Å². The van der Waals surface area contributed by atoms with Gasteiger partial charge >= 0.3 is 0 Å². The number of pyridine rings is 1. The topological polar surface area (TPSA) is 38.9 Å². The first kappa shape index (κ1) is 11.1. The molecule has 0 aliphatic heterocycles. The first-order chi connectivity index (χ1) is 8.33. The summed E-state index contributed by atoms with van der Waals surface area (Å²) in [6, 6.07) is 0. The molecule has 0 atom stereocenters. The zero-order chi connectivity index (χ0) is 11.7. The Morgan fingerprint density at radius 2 is 1.41 bits per heavy atom. The van der Waals surface area contributed by atoms with Gasteiger partial charge in [0.15, 0.2) is 0 Å². The van der Waals surface area contributed by atoms with Crippen molar-refractivity contribution >= 4 is 5.69 Å². The normalized spacial score (nSPS) is 20.9. The lowest BCUT2D eigenvalue weighted by Gasteiger charge is -2.28. The Kier molecular flexibility index (Phi) is 3.04. The minimum atomic E-state index is 0.873. The summed E-state index contributed by atoms with van der Waals surface area (Å²) in [6.07, 6.45) is 14.6. The monoisotopic (exact) mass is 230 g/mol. The molecule has 2 saturated carbocycles. The van der Waals surface area contributed by atoms with Crippen LogP contribution in [0.15, 0.2) is 12.4 Å². The van der Waals surface area contributed by atoms with Gasteiger partial charge in [0.2, 0.25) is 0 Å². The molecular formula is C15H22N2. The van der Waals surface area contributed by atoms with E-state index in [-0.39, 0.29) is 0 Å². The van der Waals surface area contributed by atoms with Crippen LogP contribution in [-0.4, -0.2) is 4.98 Å². The van der Waals surface area contributed by atoms with Crippen molar-refractivity contribution < 1.29 is 0 Å². The molecule has 0 unspecified atom stereocenters. The van der Waals surface area contributed by atoms with Gasteiger partial charge in [-0.15, -0.1) is 0 Å². The molecule has 3 rings (SSSR count). The standard InChI is InChI=1S/C15H22N2/c16-15-13(7-11-3-1-4-11)9-17-10-14(15)8-12-5-2-6-12/h9-12H,1-8H2,(H2,16,17). The summed E-state index contributed by atoms with van der Waals surface area (Å²) in [5, 5.41) is 0. The maximum atomic E-state index is 6.30. The average molecular weight is 230 g/mol. The van der Waals surface area contributed by atoms with E-state index in [4.69, 9.17) is 5.73 Å². The average Bonchev–Trinajstić information content (AvgIpc) is 2.21. The summed E-state index contributed by atoms with van der Waals surface area (Å²) < 4.78 is 0. The van der Waals surface area contributed by atoms with E-state index in [1.165, 1.54) is 49.7 Å². The first-order valence-corrected chi connectivity index (χ1v) is 7.04. The molecule has 0 bridgehead atoms. The second kappa shape index (κ2) is 4.67. The van der Waals surface area contributed by atoms with E-state index in [9.17, 15) is 0 Å².